The van der Waals surface area contributed by atoms with Crippen LogP contribution in [0.15, 0.2) is 48.5 Å². The van der Waals surface area contributed by atoms with Gasteiger partial charge in [0.25, 0.3) is 0 Å². The molecule has 0 radical (unpaired) electrons. The minimum absolute atomic E-state index is 0.0132. The molecule has 0 amide bonds. The predicted molar refractivity (Wildman–Crippen MR) is 90.0 cm³/mol. The average Bonchev–Trinajstić information content (AvgIpc) is 2.61. The molecule has 1 N–H and O–H groups in total. The van der Waals surface area contributed by atoms with Gasteiger partial charge in [-0.1, -0.05) is 6.07 Å². The van der Waals surface area contributed by atoms with Crippen molar-refractivity contribution < 1.29 is 28.6 Å². The van der Waals surface area contributed by atoms with E-state index in [2.05, 4.69) is 0 Å². The number of phenolic OH excluding ortho intramolecular Hbond substituents is 1. The van der Waals surface area contributed by atoms with E-state index in [-0.39, 0.29) is 17.1 Å². The Morgan fingerprint density at radius 3 is 2.48 bits per heavy atom. The van der Waals surface area contributed by atoms with Gasteiger partial charge in [-0.15, -0.1) is 0 Å². The topological polar surface area (TPSA) is 72.8 Å². The molecule has 1 unspecified atom stereocenters. The molecular weight excluding hydrogens is 327 g/mol. The van der Waals surface area contributed by atoms with Crippen LogP contribution < -0.4 is 4.74 Å². The lowest BCUT2D eigenvalue weighted by Gasteiger charge is -2.10. The minimum atomic E-state index is -1.00. The van der Waals surface area contributed by atoms with Crippen molar-refractivity contribution >= 4 is 17.8 Å². The van der Waals surface area contributed by atoms with Crippen molar-refractivity contribution in [3.8, 4) is 11.5 Å². The van der Waals surface area contributed by atoms with Crippen molar-refractivity contribution in [1.82, 2.24) is 0 Å². The first-order chi connectivity index (χ1) is 11.9. The summed E-state index contributed by atoms with van der Waals surface area (Å²) in [4.78, 5) is 24.0. The second-order valence-electron chi connectivity index (χ2n) is 5.21. The summed E-state index contributed by atoms with van der Waals surface area (Å²) < 4.78 is 22.9. The summed E-state index contributed by atoms with van der Waals surface area (Å²) in [6, 6.07) is 9.58. The molecule has 0 saturated heterocycles. The molecule has 2 rings (SSSR count). The number of carbonyl (C=O) groups is 2. The Morgan fingerprint density at radius 2 is 1.84 bits per heavy atom. The van der Waals surface area contributed by atoms with Gasteiger partial charge in [-0.2, -0.15) is 0 Å². The quantitative estimate of drug-likeness (QED) is 0.494. The van der Waals surface area contributed by atoms with Gasteiger partial charge in [0.1, 0.15) is 5.82 Å². The van der Waals surface area contributed by atoms with Crippen LogP contribution in [0.2, 0.25) is 0 Å². The van der Waals surface area contributed by atoms with Crippen molar-refractivity contribution in [2.75, 3.05) is 7.11 Å². The maximum Gasteiger partial charge on any atom is 0.331 e. The standard InChI is InChI=1S/C19H17FO5/c1-12(19(23)14-5-7-15(20)8-6-14)25-18(22)10-4-13-3-9-16(21)17(11-13)24-2/h3-12,21H,1-2H3/b10-4+. The zero-order valence-electron chi connectivity index (χ0n) is 13.7. The highest BCUT2D eigenvalue weighted by Gasteiger charge is 2.18. The number of halogens is 1. The highest BCUT2D eigenvalue weighted by Crippen LogP contribution is 2.26. The van der Waals surface area contributed by atoms with Crippen molar-refractivity contribution in [2.24, 2.45) is 0 Å². The molecule has 0 aliphatic heterocycles. The van der Waals surface area contributed by atoms with Gasteiger partial charge in [0, 0.05) is 11.6 Å². The lowest BCUT2D eigenvalue weighted by atomic mass is 10.1. The van der Waals surface area contributed by atoms with Gasteiger partial charge in [-0.05, 0) is 55.0 Å². The van der Waals surface area contributed by atoms with Crippen LogP contribution in [-0.2, 0) is 9.53 Å². The van der Waals surface area contributed by atoms with E-state index in [1.54, 1.807) is 12.1 Å². The lowest BCUT2D eigenvalue weighted by Crippen LogP contribution is -2.23. The van der Waals surface area contributed by atoms with Crippen LogP contribution >= 0.6 is 0 Å². The van der Waals surface area contributed by atoms with Crippen molar-refractivity contribution in [3.63, 3.8) is 0 Å². The SMILES string of the molecule is COc1cc(/C=C/C(=O)OC(C)C(=O)c2ccc(F)cc2)ccc1O. The Balaban J connectivity index is 1.99. The van der Waals surface area contributed by atoms with Gasteiger partial charge in [0.2, 0.25) is 5.78 Å². The van der Waals surface area contributed by atoms with E-state index in [0.29, 0.717) is 5.56 Å². The molecule has 0 heterocycles. The number of ether oxygens (including phenoxy) is 2. The fourth-order valence-corrected chi connectivity index (χ4v) is 2.08. The third-order valence-corrected chi connectivity index (χ3v) is 3.41. The number of Topliss-reactive ketones (excluding diaryl/α,β-unsaturated/α-hetero) is 1. The first-order valence-corrected chi connectivity index (χ1v) is 7.46. The van der Waals surface area contributed by atoms with Crippen LogP contribution in [0.25, 0.3) is 6.08 Å². The Hall–Kier alpha value is -3.15. The second kappa shape index (κ2) is 8.10. The van der Waals surface area contributed by atoms with Crippen LogP contribution in [0.3, 0.4) is 0 Å². The number of ketones is 1. The van der Waals surface area contributed by atoms with Gasteiger partial charge >= 0.3 is 5.97 Å². The van der Waals surface area contributed by atoms with Crippen molar-refractivity contribution in [3.05, 3.63) is 65.5 Å². The van der Waals surface area contributed by atoms with E-state index in [4.69, 9.17) is 9.47 Å². The molecule has 0 aromatic heterocycles. The number of esters is 1. The van der Waals surface area contributed by atoms with Gasteiger partial charge < -0.3 is 14.6 Å². The number of benzene rings is 2. The van der Waals surface area contributed by atoms with Crippen molar-refractivity contribution in [1.29, 1.82) is 0 Å². The fourth-order valence-electron chi connectivity index (χ4n) is 2.08. The molecule has 2 aromatic carbocycles. The molecule has 0 saturated carbocycles. The molecule has 0 aliphatic carbocycles. The number of hydrogen-bond acceptors (Lipinski definition) is 5. The van der Waals surface area contributed by atoms with E-state index < -0.39 is 23.7 Å². The zero-order valence-corrected chi connectivity index (χ0v) is 13.7. The number of methoxy groups -OCH3 is 1. The molecule has 0 aliphatic rings. The Bertz CT molecular complexity index is 796. The van der Waals surface area contributed by atoms with E-state index in [1.165, 1.54) is 56.5 Å². The Kier molecular flexibility index (Phi) is 5.89. The van der Waals surface area contributed by atoms with Crippen molar-refractivity contribution in [2.45, 2.75) is 13.0 Å². The third kappa shape index (κ3) is 4.91. The Labute approximate surface area is 144 Å². The molecule has 0 spiro atoms. The van der Waals surface area contributed by atoms with Crippen LogP contribution in [-0.4, -0.2) is 30.1 Å². The predicted octanol–water partition coefficient (Wildman–Crippen LogP) is 3.37. The second-order valence-corrected chi connectivity index (χ2v) is 5.21. The average molecular weight is 344 g/mol. The molecule has 0 bridgehead atoms. The summed E-state index contributed by atoms with van der Waals surface area (Å²) in [5, 5.41) is 9.52. The normalized spacial score (nSPS) is 12.0. The summed E-state index contributed by atoms with van der Waals surface area (Å²) in [5.41, 5.74) is 0.873. The maximum absolute atomic E-state index is 12.9. The Morgan fingerprint density at radius 1 is 1.16 bits per heavy atom. The molecule has 25 heavy (non-hydrogen) atoms. The molecule has 6 heteroatoms. The third-order valence-electron chi connectivity index (χ3n) is 3.41. The van der Waals surface area contributed by atoms with E-state index in [1.807, 2.05) is 0 Å². The first-order valence-electron chi connectivity index (χ1n) is 7.46. The van der Waals surface area contributed by atoms with Crippen LogP contribution in [0, 0.1) is 5.82 Å². The van der Waals surface area contributed by atoms with E-state index in [9.17, 15) is 19.1 Å². The summed E-state index contributed by atoms with van der Waals surface area (Å²) in [5.74, 6) is -1.31. The molecule has 5 nitrogen and oxygen atoms in total. The first kappa shape index (κ1) is 18.2. The van der Waals surface area contributed by atoms with E-state index in [0.717, 1.165) is 0 Å². The van der Waals surface area contributed by atoms with Gasteiger partial charge in [0.15, 0.2) is 17.6 Å². The number of hydrogen-bond donors (Lipinski definition) is 1. The molecule has 1 atom stereocenters. The summed E-state index contributed by atoms with van der Waals surface area (Å²) in [6.07, 6.45) is 1.64. The monoisotopic (exact) mass is 344 g/mol. The zero-order chi connectivity index (χ0) is 18.4. The molecule has 130 valence electrons. The van der Waals surface area contributed by atoms with Gasteiger partial charge in [0.05, 0.1) is 7.11 Å². The minimum Gasteiger partial charge on any atom is -0.504 e. The number of carbonyl (C=O) groups excluding carboxylic acids is 2. The summed E-state index contributed by atoms with van der Waals surface area (Å²) >= 11 is 0. The highest BCUT2D eigenvalue weighted by atomic mass is 19.1. The number of rotatable bonds is 6. The maximum atomic E-state index is 12.9. The summed E-state index contributed by atoms with van der Waals surface area (Å²) in [7, 11) is 1.42. The van der Waals surface area contributed by atoms with Crippen LogP contribution in [0.5, 0.6) is 11.5 Å². The molecular formula is C19H17FO5. The number of aromatic hydroxyl groups is 1. The van der Waals surface area contributed by atoms with Crippen LogP contribution in [0.4, 0.5) is 4.39 Å². The highest BCUT2D eigenvalue weighted by molar-refractivity contribution is 6.01. The lowest BCUT2D eigenvalue weighted by molar-refractivity contribution is -0.140. The fraction of sp³-hybridized carbons (Fsp3) is 0.158. The molecule has 2 aromatic rings. The van der Waals surface area contributed by atoms with Gasteiger partial charge in [-0.3, -0.25) is 4.79 Å². The summed E-state index contributed by atoms with van der Waals surface area (Å²) in [6.45, 7) is 1.45. The largest absolute Gasteiger partial charge is 0.504 e. The van der Waals surface area contributed by atoms with E-state index >= 15 is 0 Å². The van der Waals surface area contributed by atoms with Gasteiger partial charge in [-0.25, -0.2) is 9.18 Å². The molecule has 0 fully saturated rings. The van der Waals surface area contributed by atoms with Crippen LogP contribution in [0.1, 0.15) is 22.8 Å². The number of phenols is 1. The smallest absolute Gasteiger partial charge is 0.331 e.